The van der Waals surface area contributed by atoms with Crippen LogP contribution in [0, 0.1) is 6.92 Å². The van der Waals surface area contributed by atoms with Crippen LogP contribution < -0.4 is 20.2 Å². The number of anilines is 1. The highest BCUT2D eigenvalue weighted by Gasteiger charge is 2.14. The summed E-state index contributed by atoms with van der Waals surface area (Å²) in [6, 6.07) is 17.5. The maximum absolute atomic E-state index is 12.1. The van der Waals surface area contributed by atoms with Crippen molar-refractivity contribution in [2.24, 2.45) is 5.10 Å². The van der Waals surface area contributed by atoms with Crippen LogP contribution in [-0.2, 0) is 16.2 Å². The fraction of sp³-hybridized carbons (Fsp3) is 0.125. The SMILES string of the molecule is COc1cccc(/C=N\NC(=O)C(=O)Nc2cccc(C)c2)c1OCc1ccc(Cl)c(Cl)c1. The fourth-order valence-corrected chi connectivity index (χ4v) is 3.18. The summed E-state index contributed by atoms with van der Waals surface area (Å²) in [5.41, 5.74) is 5.02. The summed E-state index contributed by atoms with van der Waals surface area (Å²) < 4.78 is 11.3. The second-order valence-corrected chi connectivity index (χ2v) is 7.75. The number of amides is 2. The van der Waals surface area contributed by atoms with Gasteiger partial charge in [-0.05, 0) is 54.4 Å². The molecule has 0 unspecified atom stereocenters. The Morgan fingerprint density at radius 3 is 2.52 bits per heavy atom. The summed E-state index contributed by atoms with van der Waals surface area (Å²) >= 11 is 12.0. The number of rotatable bonds is 7. The van der Waals surface area contributed by atoms with Crippen LogP contribution in [0.4, 0.5) is 5.69 Å². The Morgan fingerprint density at radius 1 is 1.00 bits per heavy atom. The van der Waals surface area contributed by atoms with E-state index in [1.807, 2.05) is 13.0 Å². The summed E-state index contributed by atoms with van der Waals surface area (Å²) in [7, 11) is 1.51. The lowest BCUT2D eigenvalue weighted by atomic mass is 10.2. The van der Waals surface area contributed by atoms with E-state index in [0.29, 0.717) is 32.8 Å². The first kappa shape index (κ1) is 24.1. The van der Waals surface area contributed by atoms with Crippen LogP contribution in [0.5, 0.6) is 11.5 Å². The van der Waals surface area contributed by atoms with E-state index in [0.717, 1.165) is 11.1 Å². The second-order valence-electron chi connectivity index (χ2n) is 6.94. The minimum atomic E-state index is -0.908. The van der Waals surface area contributed by atoms with Gasteiger partial charge in [0, 0.05) is 11.3 Å². The van der Waals surface area contributed by atoms with Gasteiger partial charge in [0.25, 0.3) is 0 Å². The number of methoxy groups -OCH3 is 1. The zero-order valence-electron chi connectivity index (χ0n) is 17.9. The third-order valence-corrected chi connectivity index (χ3v) is 5.19. The number of hydrogen-bond donors (Lipinski definition) is 2. The molecule has 0 aromatic heterocycles. The lowest BCUT2D eigenvalue weighted by molar-refractivity contribution is -0.136. The Bertz CT molecular complexity index is 1200. The quantitative estimate of drug-likeness (QED) is 0.280. The number of benzene rings is 3. The fourth-order valence-electron chi connectivity index (χ4n) is 2.86. The molecule has 0 saturated heterocycles. The van der Waals surface area contributed by atoms with Gasteiger partial charge in [-0.3, -0.25) is 9.59 Å². The van der Waals surface area contributed by atoms with Crippen molar-refractivity contribution in [2.45, 2.75) is 13.5 Å². The van der Waals surface area contributed by atoms with E-state index in [2.05, 4.69) is 15.8 Å². The van der Waals surface area contributed by atoms with E-state index >= 15 is 0 Å². The van der Waals surface area contributed by atoms with Gasteiger partial charge < -0.3 is 14.8 Å². The van der Waals surface area contributed by atoms with E-state index in [1.54, 1.807) is 54.6 Å². The third-order valence-electron chi connectivity index (χ3n) is 4.45. The predicted molar refractivity (Wildman–Crippen MR) is 129 cm³/mol. The van der Waals surface area contributed by atoms with Gasteiger partial charge in [-0.15, -0.1) is 0 Å². The minimum absolute atomic E-state index is 0.198. The molecule has 0 spiro atoms. The number of halogens is 2. The average Bonchev–Trinajstić information content (AvgIpc) is 2.80. The summed E-state index contributed by atoms with van der Waals surface area (Å²) in [5.74, 6) is -0.857. The number of para-hydroxylation sites is 1. The van der Waals surface area contributed by atoms with Crippen LogP contribution in [0.3, 0.4) is 0 Å². The Kier molecular flexibility index (Phi) is 8.29. The molecule has 0 aliphatic rings. The molecular weight excluding hydrogens is 465 g/mol. The average molecular weight is 486 g/mol. The topological polar surface area (TPSA) is 89.0 Å². The number of hydrazone groups is 1. The van der Waals surface area contributed by atoms with Gasteiger partial charge in [-0.1, -0.05) is 47.5 Å². The Morgan fingerprint density at radius 2 is 1.79 bits per heavy atom. The summed E-state index contributed by atoms with van der Waals surface area (Å²) in [5, 5.41) is 7.27. The standard InChI is InChI=1S/C24H21Cl2N3O4/c1-15-5-3-7-18(11-15)28-23(30)24(31)29-27-13-17-6-4-8-21(32-2)22(17)33-14-16-9-10-19(25)20(26)12-16/h3-13H,14H2,1-2H3,(H,28,30)(H,29,31)/b27-13-. The number of ether oxygens (including phenoxy) is 2. The molecule has 9 heteroatoms. The molecule has 0 fully saturated rings. The van der Waals surface area contributed by atoms with Gasteiger partial charge >= 0.3 is 11.8 Å². The maximum atomic E-state index is 12.1. The van der Waals surface area contributed by atoms with Gasteiger partial charge in [0.15, 0.2) is 11.5 Å². The van der Waals surface area contributed by atoms with Crippen molar-refractivity contribution in [3.8, 4) is 11.5 Å². The highest BCUT2D eigenvalue weighted by molar-refractivity contribution is 6.42. The first-order chi connectivity index (χ1) is 15.9. The molecule has 3 aromatic carbocycles. The largest absolute Gasteiger partial charge is 0.493 e. The van der Waals surface area contributed by atoms with Crippen molar-refractivity contribution in [1.82, 2.24) is 5.43 Å². The first-order valence-electron chi connectivity index (χ1n) is 9.82. The van der Waals surface area contributed by atoms with Gasteiger partial charge in [-0.25, -0.2) is 5.43 Å². The Hall–Kier alpha value is -3.55. The molecular formula is C24H21Cl2N3O4. The molecule has 170 valence electrons. The van der Waals surface area contributed by atoms with E-state index in [1.165, 1.54) is 13.3 Å². The zero-order chi connectivity index (χ0) is 23.8. The normalized spacial score (nSPS) is 10.7. The molecule has 3 rings (SSSR count). The first-order valence-corrected chi connectivity index (χ1v) is 10.6. The zero-order valence-corrected chi connectivity index (χ0v) is 19.4. The summed E-state index contributed by atoms with van der Waals surface area (Å²) in [6.07, 6.45) is 1.37. The summed E-state index contributed by atoms with van der Waals surface area (Å²) in [4.78, 5) is 24.2. The lowest BCUT2D eigenvalue weighted by Crippen LogP contribution is -2.32. The van der Waals surface area contributed by atoms with Crippen molar-refractivity contribution in [3.63, 3.8) is 0 Å². The van der Waals surface area contributed by atoms with Gasteiger partial charge in [-0.2, -0.15) is 5.10 Å². The highest BCUT2D eigenvalue weighted by Crippen LogP contribution is 2.31. The van der Waals surface area contributed by atoms with E-state index in [9.17, 15) is 9.59 Å². The monoisotopic (exact) mass is 485 g/mol. The number of carbonyl (C=O) groups excluding carboxylic acids is 2. The Balaban J connectivity index is 1.67. The highest BCUT2D eigenvalue weighted by atomic mass is 35.5. The van der Waals surface area contributed by atoms with Crippen LogP contribution in [-0.4, -0.2) is 25.1 Å². The van der Waals surface area contributed by atoms with Crippen molar-refractivity contribution in [3.05, 3.63) is 87.4 Å². The van der Waals surface area contributed by atoms with Crippen LogP contribution in [0.2, 0.25) is 10.0 Å². The molecule has 0 bridgehead atoms. The third kappa shape index (κ3) is 6.71. The lowest BCUT2D eigenvalue weighted by Gasteiger charge is -2.13. The molecule has 3 aromatic rings. The molecule has 0 aliphatic heterocycles. The molecule has 2 amide bonds. The molecule has 2 N–H and O–H groups in total. The van der Waals surface area contributed by atoms with Crippen molar-refractivity contribution in [1.29, 1.82) is 0 Å². The predicted octanol–water partition coefficient (Wildman–Crippen LogP) is 4.98. The number of nitrogens with one attached hydrogen (secondary N) is 2. The smallest absolute Gasteiger partial charge is 0.329 e. The van der Waals surface area contributed by atoms with E-state index in [4.69, 9.17) is 32.7 Å². The molecule has 0 atom stereocenters. The van der Waals surface area contributed by atoms with Gasteiger partial charge in [0.05, 0.1) is 23.4 Å². The molecule has 0 heterocycles. The molecule has 7 nitrogen and oxygen atoms in total. The van der Waals surface area contributed by atoms with Crippen molar-refractivity contribution >= 4 is 46.9 Å². The minimum Gasteiger partial charge on any atom is -0.493 e. The van der Waals surface area contributed by atoms with Gasteiger partial charge in [0.2, 0.25) is 0 Å². The molecule has 0 saturated carbocycles. The van der Waals surface area contributed by atoms with E-state index in [-0.39, 0.29) is 6.61 Å². The second kappa shape index (κ2) is 11.4. The molecule has 33 heavy (non-hydrogen) atoms. The van der Waals surface area contributed by atoms with Gasteiger partial charge in [0.1, 0.15) is 6.61 Å². The molecule has 0 radical (unpaired) electrons. The number of carbonyl (C=O) groups is 2. The van der Waals surface area contributed by atoms with Crippen molar-refractivity contribution in [2.75, 3.05) is 12.4 Å². The van der Waals surface area contributed by atoms with Crippen LogP contribution in [0.1, 0.15) is 16.7 Å². The number of aryl methyl sites for hydroxylation is 1. The molecule has 0 aliphatic carbocycles. The number of nitrogens with zero attached hydrogens (tertiary/aromatic N) is 1. The number of hydrogen-bond acceptors (Lipinski definition) is 5. The van der Waals surface area contributed by atoms with Crippen LogP contribution in [0.15, 0.2) is 65.8 Å². The summed E-state index contributed by atoms with van der Waals surface area (Å²) in [6.45, 7) is 2.08. The van der Waals surface area contributed by atoms with E-state index < -0.39 is 11.8 Å². The Labute approximate surface area is 201 Å². The van der Waals surface area contributed by atoms with Crippen LogP contribution in [0.25, 0.3) is 0 Å². The maximum Gasteiger partial charge on any atom is 0.329 e. The van der Waals surface area contributed by atoms with Crippen LogP contribution >= 0.6 is 23.2 Å². The van der Waals surface area contributed by atoms with Crippen molar-refractivity contribution < 1.29 is 19.1 Å².